The molecule has 1 N–H and O–H groups in total. The molecule has 1 fully saturated rings. The number of carboxylic acids is 1. The van der Waals surface area contributed by atoms with Crippen LogP contribution in [0.2, 0.25) is 0 Å². The molecule has 0 heterocycles. The number of carboxylic acid groups (broad SMARTS) is 1. The second kappa shape index (κ2) is 5.70. The lowest BCUT2D eigenvalue weighted by Gasteiger charge is -2.32. The minimum Gasteiger partial charge on any atom is -0.481 e. The van der Waals surface area contributed by atoms with Crippen molar-refractivity contribution in [3.05, 3.63) is 12.3 Å². The maximum atomic E-state index is 11.6. The lowest BCUT2D eigenvalue weighted by atomic mass is 9.85. The van der Waals surface area contributed by atoms with Crippen molar-refractivity contribution in [1.82, 2.24) is 4.90 Å². The molecular weight excluding hydrogens is 222 g/mol. The molecule has 0 aromatic heterocycles. The maximum Gasteiger partial charge on any atom is 0.414 e. The van der Waals surface area contributed by atoms with Gasteiger partial charge in [-0.1, -0.05) is 6.58 Å². The van der Waals surface area contributed by atoms with Gasteiger partial charge in [0.2, 0.25) is 0 Å². The highest BCUT2D eigenvalue weighted by atomic mass is 16.6. The normalized spacial score (nSPS) is 23.9. The fraction of sp³-hybridized carbons (Fsp3) is 0.667. The largest absolute Gasteiger partial charge is 0.481 e. The number of rotatable bonds is 3. The first-order chi connectivity index (χ1) is 7.91. The van der Waals surface area contributed by atoms with Crippen LogP contribution in [0.3, 0.4) is 0 Å². The number of aliphatic carboxylic acids is 1. The first-order valence-electron chi connectivity index (χ1n) is 5.74. The summed E-state index contributed by atoms with van der Waals surface area (Å²) in [5, 5.41) is 8.87. The summed E-state index contributed by atoms with van der Waals surface area (Å²) in [5.74, 6) is -0.645. The molecule has 17 heavy (non-hydrogen) atoms. The van der Waals surface area contributed by atoms with Crippen LogP contribution in [-0.2, 0) is 9.53 Å². The molecule has 5 nitrogen and oxygen atoms in total. The molecular formula is C12H19NO4. The monoisotopic (exact) mass is 241 g/mol. The van der Waals surface area contributed by atoms with Gasteiger partial charge in [-0.15, -0.1) is 0 Å². The van der Waals surface area contributed by atoms with Crippen molar-refractivity contribution in [3.8, 4) is 0 Å². The van der Waals surface area contributed by atoms with E-state index < -0.39 is 12.1 Å². The Balaban J connectivity index is 2.45. The first-order valence-corrected chi connectivity index (χ1v) is 5.74. The standard InChI is InChI=1S/C12H19NO4/c1-8(2)17-12(16)13(3)10-6-4-9(5-7-10)11(14)15/h9-10H,1,4-7H2,2-3H3,(H,14,15). The van der Waals surface area contributed by atoms with E-state index in [1.807, 2.05) is 0 Å². The number of allylic oxidation sites excluding steroid dienone is 1. The fourth-order valence-electron chi connectivity index (χ4n) is 2.08. The Morgan fingerprint density at radius 3 is 2.24 bits per heavy atom. The molecule has 0 unspecified atom stereocenters. The Kier molecular flexibility index (Phi) is 4.54. The molecule has 0 radical (unpaired) electrons. The average Bonchev–Trinajstić information content (AvgIpc) is 2.27. The molecule has 0 spiro atoms. The summed E-state index contributed by atoms with van der Waals surface area (Å²) < 4.78 is 4.92. The third-order valence-corrected chi connectivity index (χ3v) is 3.14. The Morgan fingerprint density at radius 2 is 1.82 bits per heavy atom. The van der Waals surface area contributed by atoms with Crippen molar-refractivity contribution in [2.24, 2.45) is 5.92 Å². The van der Waals surface area contributed by atoms with E-state index in [2.05, 4.69) is 6.58 Å². The van der Waals surface area contributed by atoms with Crippen LogP contribution in [0.25, 0.3) is 0 Å². The highest BCUT2D eigenvalue weighted by Gasteiger charge is 2.30. The predicted octanol–water partition coefficient (Wildman–Crippen LogP) is 2.23. The third-order valence-electron chi connectivity index (χ3n) is 3.14. The van der Waals surface area contributed by atoms with Crippen molar-refractivity contribution >= 4 is 12.1 Å². The molecule has 1 aliphatic rings. The molecule has 1 amide bonds. The second-order valence-electron chi connectivity index (χ2n) is 4.52. The van der Waals surface area contributed by atoms with E-state index in [-0.39, 0.29) is 12.0 Å². The number of hydrogen-bond donors (Lipinski definition) is 1. The molecule has 96 valence electrons. The van der Waals surface area contributed by atoms with E-state index in [0.29, 0.717) is 31.4 Å². The zero-order valence-electron chi connectivity index (χ0n) is 10.3. The quantitative estimate of drug-likeness (QED) is 0.769. The highest BCUT2D eigenvalue weighted by Crippen LogP contribution is 2.27. The third kappa shape index (κ3) is 3.76. The molecule has 0 bridgehead atoms. The Bertz CT molecular complexity index is 318. The summed E-state index contributed by atoms with van der Waals surface area (Å²) in [6.45, 7) is 5.13. The van der Waals surface area contributed by atoms with Gasteiger partial charge in [0.05, 0.1) is 11.7 Å². The smallest absolute Gasteiger partial charge is 0.414 e. The number of ether oxygens (including phenoxy) is 1. The summed E-state index contributed by atoms with van der Waals surface area (Å²) in [4.78, 5) is 23.9. The van der Waals surface area contributed by atoms with Gasteiger partial charge in [0.1, 0.15) is 0 Å². The predicted molar refractivity (Wildman–Crippen MR) is 62.4 cm³/mol. The van der Waals surface area contributed by atoms with Gasteiger partial charge >= 0.3 is 12.1 Å². The zero-order chi connectivity index (χ0) is 13.0. The van der Waals surface area contributed by atoms with Crippen molar-refractivity contribution in [1.29, 1.82) is 0 Å². The van der Waals surface area contributed by atoms with Crippen LogP contribution < -0.4 is 0 Å². The van der Waals surface area contributed by atoms with Gasteiger partial charge in [-0.2, -0.15) is 0 Å². The summed E-state index contributed by atoms with van der Waals surface area (Å²) in [6, 6.07) is 0.0671. The molecule has 0 aromatic carbocycles. The first kappa shape index (κ1) is 13.5. The van der Waals surface area contributed by atoms with Gasteiger partial charge in [0.15, 0.2) is 0 Å². The summed E-state index contributed by atoms with van der Waals surface area (Å²) >= 11 is 0. The Hall–Kier alpha value is -1.52. The SMILES string of the molecule is C=C(C)OC(=O)N(C)C1CCC(C(=O)O)CC1. The molecule has 5 heteroatoms. The molecule has 1 saturated carbocycles. The maximum absolute atomic E-state index is 11.6. The Labute approximate surface area is 101 Å². The van der Waals surface area contributed by atoms with Crippen molar-refractivity contribution in [2.75, 3.05) is 7.05 Å². The minimum absolute atomic E-state index is 0.0671. The number of carbonyl (C=O) groups is 2. The van der Waals surface area contributed by atoms with Crippen LogP contribution in [-0.4, -0.2) is 35.2 Å². The van der Waals surface area contributed by atoms with Crippen molar-refractivity contribution in [2.45, 2.75) is 38.6 Å². The highest BCUT2D eigenvalue weighted by molar-refractivity contribution is 5.70. The molecule has 1 aliphatic carbocycles. The van der Waals surface area contributed by atoms with Crippen LogP contribution >= 0.6 is 0 Å². The number of amides is 1. The van der Waals surface area contributed by atoms with E-state index in [0.717, 1.165) is 0 Å². The topological polar surface area (TPSA) is 66.8 Å². The van der Waals surface area contributed by atoms with Gasteiger partial charge in [-0.25, -0.2) is 4.79 Å². The van der Waals surface area contributed by atoms with Crippen LogP contribution in [0.5, 0.6) is 0 Å². The van der Waals surface area contributed by atoms with E-state index in [4.69, 9.17) is 9.84 Å². The number of hydrogen-bond acceptors (Lipinski definition) is 3. The fourth-order valence-corrected chi connectivity index (χ4v) is 2.08. The van der Waals surface area contributed by atoms with Crippen LogP contribution in [0.15, 0.2) is 12.3 Å². The van der Waals surface area contributed by atoms with Gasteiger partial charge in [-0.05, 0) is 32.6 Å². The molecule has 0 saturated heterocycles. The summed E-state index contributed by atoms with van der Waals surface area (Å²) in [6.07, 6.45) is 2.23. The lowest BCUT2D eigenvalue weighted by Crippen LogP contribution is -2.40. The van der Waals surface area contributed by atoms with Gasteiger partial charge in [-0.3, -0.25) is 4.79 Å². The zero-order valence-corrected chi connectivity index (χ0v) is 10.3. The number of carbonyl (C=O) groups excluding carboxylic acids is 1. The average molecular weight is 241 g/mol. The molecule has 1 rings (SSSR count). The molecule has 0 aromatic rings. The Morgan fingerprint density at radius 1 is 1.29 bits per heavy atom. The molecule has 0 atom stereocenters. The molecule has 0 aliphatic heterocycles. The minimum atomic E-state index is -0.740. The van der Waals surface area contributed by atoms with Crippen LogP contribution in [0.4, 0.5) is 4.79 Å². The summed E-state index contributed by atoms with van der Waals surface area (Å²) in [7, 11) is 1.68. The number of nitrogens with zero attached hydrogens (tertiary/aromatic N) is 1. The van der Waals surface area contributed by atoms with E-state index >= 15 is 0 Å². The van der Waals surface area contributed by atoms with Crippen LogP contribution in [0, 0.1) is 5.92 Å². The second-order valence-corrected chi connectivity index (χ2v) is 4.52. The van der Waals surface area contributed by atoms with Gasteiger partial charge < -0.3 is 14.7 Å². The van der Waals surface area contributed by atoms with E-state index in [9.17, 15) is 9.59 Å². The van der Waals surface area contributed by atoms with Crippen molar-refractivity contribution in [3.63, 3.8) is 0 Å². The lowest BCUT2D eigenvalue weighted by molar-refractivity contribution is -0.143. The van der Waals surface area contributed by atoms with Crippen molar-refractivity contribution < 1.29 is 19.4 Å². The van der Waals surface area contributed by atoms with E-state index in [1.165, 1.54) is 4.90 Å². The van der Waals surface area contributed by atoms with E-state index in [1.54, 1.807) is 14.0 Å². The van der Waals surface area contributed by atoms with Crippen LogP contribution in [0.1, 0.15) is 32.6 Å². The van der Waals surface area contributed by atoms with Gasteiger partial charge in [0, 0.05) is 13.1 Å². The van der Waals surface area contributed by atoms with Gasteiger partial charge in [0.25, 0.3) is 0 Å². The summed E-state index contributed by atoms with van der Waals surface area (Å²) in [5.41, 5.74) is 0.